The molecule has 1 heterocycles. The number of pyridine rings is 1. The minimum absolute atomic E-state index is 0.0186. The molecule has 96 valence electrons. The summed E-state index contributed by atoms with van der Waals surface area (Å²) in [5.74, 6) is -1.83. The second-order valence-electron chi connectivity index (χ2n) is 3.64. The fourth-order valence-corrected chi connectivity index (χ4v) is 1.69. The van der Waals surface area contributed by atoms with Crippen LogP contribution in [0.1, 0.15) is 20.8 Å². The summed E-state index contributed by atoms with van der Waals surface area (Å²) < 4.78 is 0. The van der Waals surface area contributed by atoms with E-state index in [0.717, 1.165) is 0 Å². The SMILES string of the molecule is O=C(Nc1ccccc1Cl)c1cccnc1C(=O)O. The number of aromatic carboxylic acids is 1. The number of nitrogens with one attached hydrogen (secondary N) is 1. The van der Waals surface area contributed by atoms with Gasteiger partial charge in [0.15, 0.2) is 5.69 Å². The predicted octanol–water partition coefficient (Wildman–Crippen LogP) is 2.69. The van der Waals surface area contributed by atoms with E-state index < -0.39 is 11.9 Å². The molecule has 2 aromatic rings. The Bertz CT molecular complexity index is 643. The summed E-state index contributed by atoms with van der Waals surface area (Å²) in [6.45, 7) is 0. The van der Waals surface area contributed by atoms with E-state index in [-0.39, 0.29) is 11.3 Å². The Kier molecular flexibility index (Phi) is 3.77. The molecule has 0 saturated carbocycles. The average Bonchev–Trinajstić information content (AvgIpc) is 2.41. The first-order valence-electron chi connectivity index (χ1n) is 5.34. The molecule has 0 saturated heterocycles. The Morgan fingerprint density at radius 1 is 1.16 bits per heavy atom. The van der Waals surface area contributed by atoms with Crippen LogP contribution in [-0.4, -0.2) is 22.0 Å². The Hall–Kier alpha value is -2.40. The Morgan fingerprint density at radius 3 is 2.58 bits per heavy atom. The first-order valence-corrected chi connectivity index (χ1v) is 5.71. The fraction of sp³-hybridized carbons (Fsp3) is 0. The van der Waals surface area contributed by atoms with Gasteiger partial charge in [-0.25, -0.2) is 9.78 Å². The summed E-state index contributed by atoms with van der Waals surface area (Å²) in [5, 5.41) is 11.9. The van der Waals surface area contributed by atoms with E-state index in [1.807, 2.05) is 0 Å². The molecule has 0 aliphatic rings. The number of aromatic nitrogens is 1. The van der Waals surface area contributed by atoms with E-state index in [1.54, 1.807) is 24.3 Å². The Labute approximate surface area is 113 Å². The maximum atomic E-state index is 12.0. The van der Waals surface area contributed by atoms with Crippen molar-refractivity contribution >= 4 is 29.2 Å². The summed E-state index contributed by atoms with van der Waals surface area (Å²) in [6, 6.07) is 9.57. The smallest absolute Gasteiger partial charge is 0.355 e. The topological polar surface area (TPSA) is 79.3 Å². The lowest BCUT2D eigenvalue weighted by Gasteiger charge is -2.08. The first kappa shape index (κ1) is 13.0. The van der Waals surface area contributed by atoms with E-state index in [4.69, 9.17) is 16.7 Å². The number of para-hydroxylation sites is 1. The van der Waals surface area contributed by atoms with E-state index in [9.17, 15) is 9.59 Å². The Morgan fingerprint density at radius 2 is 1.89 bits per heavy atom. The van der Waals surface area contributed by atoms with Crippen LogP contribution < -0.4 is 5.32 Å². The van der Waals surface area contributed by atoms with Crippen LogP contribution in [0.2, 0.25) is 5.02 Å². The van der Waals surface area contributed by atoms with Gasteiger partial charge in [-0.15, -0.1) is 0 Å². The number of nitrogens with zero attached hydrogens (tertiary/aromatic N) is 1. The molecular weight excluding hydrogens is 268 g/mol. The number of benzene rings is 1. The Balaban J connectivity index is 2.31. The summed E-state index contributed by atoms with van der Waals surface area (Å²) in [7, 11) is 0. The summed E-state index contributed by atoms with van der Waals surface area (Å²) in [6.07, 6.45) is 1.32. The zero-order valence-electron chi connectivity index (χ0n) is 9.63. The largest absolute Gasteiger partial charge is 0.476 e. The van der Waals surface area contributed by atoms with Crippen molar-refractivity contribution in [3.05, 3.63) is 58.9 Å². The van der Waals surface area contributed by atoms with Crippen molar-refractivity contribution in [2.45, 2.75) is 0 Å². The maximum absolute atomic E-state index is 12.0. The molecule has 0 radical (unpaired) electrons. The van der Waals surface area contributed by atoms with Crippen molar-refractivity contribution in [1.82, 2.24) is 4.98 Å². The van der Waals surface area contributed by atoms with E-state index in [1.165, 1.54) is 18.3 Å². The van der Waals surface area contributed by atoms with Crippen LogP contribution >= 0.6 is 11.6 Å². The molecule has 0 atom stereocenters. The summed E-state index contributed by atoms with van der Waals surface area (Å²) in [5.41, 5.74) is 0.0938. The molecule has 0 spiro atoms. The molecule has 0 fully saturated rings. The van der Waals surface area contributed by atoms with Gasteiger partial charge in [0.2, 0.25) is 0 Å². The maximum Gasteiger partial charge on any atom is 0.355 e. The van der Waals surface area contributed by atoms with Gasteiger partial charge in [0.05, 0.1) is 16.3 Å². The number of rotatable bonds is 3. The molecule has 1 aromatic heterocycles. The number of hydrogen-bond donors (Lipinski definition) is 2. The third-order valence-corrected chi connectivity index (χ3v) is 2.71. The van der Waals surface area contributed by atoms with Gasteiger partial charge in [0.25, 0.3) is 5.91 Å². The number of halogens is 1. The van der Waals surface area contributed by atoms with Crippen LogP contribution in [0.25, 0.3) is 0 Å². The second-order valence-corrected chi connectivity index (χ2v) is 4.05. The zero-order chi connectivity index (χ0) is 13.8. The molecule has 0 aliphatic heterocycles. The van der Waals surface area contributed by atoms with Gasteiger partial charge in [-0.1, -0.05) is 23.7 Å². The number of anilines is 1. The number of hydrogen-bond acceptors (Lipinski definition) is 3. The highest BCUT2D eigenvalue weighted by molar-refractivity contribution is 6.34. The lowest BCUT2D eigenvalue weighted by molar-refractivity contribution is 0.0686. The van der Waals surface area contributed by atoms with Gasteiger partial charge in [0.1, 0.15) is 0 Å². The molecule has 2 N–H and O–H groups in total. The molecule has 5 nitrogen and oxygen atoms in total. The average molecular weight is 277 g/mol. The van der Waals surface area contributed by atoms with E-state index in [2.05, 4.69) is 10.3 Å². The van der Waals surface area contributed by atoms with Crippen LogP contribution in [0.15, 0.2) is 42.6 Å². The second kappa shape index (κ2) is 5.49. The van der Waals surface area contributed by atoms with Gasteiger partial charge >= 0.3 is 5.97 Å². The van der Waals surface area contributed by atoms with Crippen molar-refractivity contribution in [3.63, 3.8) is 0 Å². The molecule has 1 amide bonds. The van der Waals surface area contributed by atoms with Gasteiger partial charge in [-0.3, -0.25) is 4.79 Å². The van der Waals surface area contributed by atoms with Crippen LogP contribution in [0.4, 0.5) is 5.69 Å². The number of carboxylic acids is 1. The molecule has 0 aliphatic carbocycles. The molecule has 19 heavy (non-hydrogen) atoms. The third-order valence-electron chi connectivity index (χ3n) is 2.38. The standard InChI is InChI=1S/C13H9ClN2O3/c14-9-5-1-2-6-10(9)16-12(17)8-4-3-7-15-11(8)13(18)19/h1-7H,(H,16,17)(H,18,19). The van der Waals surface area contributed by atoms with Gasteiger partial charge in [0, 0.05) is 6.20 Å². The summed E-state index contributed by atoms with van der Waals surface area (Å²) >= 11 is 5.91. The molecule has 6 heteroatoms. The first-order chi connectivity index (χ1) is 9.09. The third kappa shape index (κ3) is 2.89. The number of carbonyl (C=O) groups excluding carboxylic acids is 1. The predicted molar refractivity (Wildman–Crippen MR) is 70.6 cm³/mol. The van der Waals surface area contributed by atoms with E-state index in [0.29, 0.717) is 10.7 Å². The van der Waals surface area contributed by atoms with Crippen molar-refractivity contribution in [2.75, 3.05) is 5.32 Å². The highest BCUT2D eigenvalue weighted by atomic mass is 35.5. The fourth-order valence-electron chi connectivity index (χ4n) is 1.51. The highest BCUT2D eigenvalue weighted by Gasteiger charge is 2.17. The minimum atomic E-state index is -1.26. The highest BCUT2D eigenvalue weighted by Crippen LogP contribution is 2.21. The number of amides is 1. The lowest BCUT2D eigenvalue weighted by atomic mass is 10.1. The van der Waals surface area contributed by atoms with Crippen molar-refractivity contribution in [3.8, 4) is 0 Å². The molecular formula is C13H9ClN2O3. The molecule has 1 aromatic carbocycles. The minimum Gasteiger partial charge on any atom is -0.476 e. The van der Waals surface area contributed by atoms with Crippen molar-refractivity contribution < 1.29 is 14.7 Å². The summed E-state index contributed by atoms with van der Waals surface area (Å²) in [4.78, 5) is 26.7. The van der Waals surface area contributed by atoms with Crippen LogP contribution in [0, 0.1) is 0 Å². The van der Waals surface area contributed by atoms with Gasteiger partial charge in [-0.05, 0) is 24.3 Å². The molecule has 2 rings (SSSR count). The van der Waals surface area contributed by atoms with Crippen LogP contribution in [0.3, 0.4) is 0 Å². The number of carboxylic acid groups (broad SMARTS) is 1. The monoisotopic (exact) mass is 276 g/mol. The lowest BCUT2D eigenvalue weighted by Crippen LogP contribution is -2.17. The molecule has 0 unspecified atom stereocenters. The van der Waals surface area contributed by atoms with Crippen molar-refractivity contribution in [2.24, 2.45) is 0 Å². The molecule has 0 bridgehead atoms. The van der Waals surface area contributed by atoms with Gasteiger partial charge < -0.3 is 10.4 Å². The zero-order valence-corrected chi connectivity index (χ0v) is 10.4. The quantitative estimate of drug-likeness (QED) is 0.903. The van der Waals surface area contributed by atoms with E-state index >= 15 is 0 Å². The van der Waals surface area contributed by atoms with Crippen LogP contribution in [0.5, 0.6) is 0 Å². The van der Waals surface area contributed by atoms with Crippen LogP contribution in [-0.2, 0) is 0 Å². The van der Waals surface area contributed by atoms with Crippen molar-refractivity contribution in [1.29, 1.82) is 0 Å². The number of carbonyl (C=O) groups is 2. The van der Waals surface area contributed by atoms with Gasteiger partial charge in [-0.2, -0.15) is 0 Å². The normalized spacial score (nSPS) is 9.95.